The van der Waals surface area contributed by atoms with Gasteiger partial charge in [0.15, 0.2) is 0 Å². The Morgan fingerprint density at radius 3 is 3.00 bits per heavy atom. The summed E-state index contributed by atoms with van der Waals surface area (Å²) in [6.45, 7) is 5.61. The summed E-state index contributed by atoms with van der Waals surface area (Å²) < 4.78 is 12.2. The molecule has 4 rings (SSSR count). The average Bonchev–Trinajstić information content (AvgIpc) is 3.21. The first kappa shape index (κ1) is 15.0. The molecule has 2 aliphatic heterocycles. The van der Waals surface area contributed by atoms with Crippen LogP contribution in [0.1, 0.15) is 42.7 Å². The Labute approximate surface area is 139 Å². The fourth-order valence-corrected chi connectivity index (χ4v) is 4.01. The van der Waals surface area contributed by atoms with Crippen LogP contribution in [0.2, 0.25) is 0 Å². The van der Waals surface area contributed by atoms with Gasteiger partial charge in [0.2, 0.25) is 5.13 Å². The van der Waals surface area contributed by atoms with E-state index in [9.17, 15) is 0 Å². The third-order valence-electron chi connectivity index (χ3n) is 4.80. The second-order valence-electron chi connectivity index (χ2n) is 6.40. The number of aryl methyl sites for hydroxylation is 2. The molecule has 0 saturated carbocycles. The standard InChI is InChI=1S/C15H22N6OS/c1-10-18-19-13-3-2-11(9-21(10)13)8-16-15-17-14(20-23-15)12-4-6-22-7-5-12/h11-12H,2-9H2,1H3,(H,16,17,20)/t11-/m1/s1. The Hall–Kier alpha value is -1.54. The third kappa shape index (κ3) is 3.23. The molecule has 7 nitrogen and oxygen atoms in total. The van der Waals surface area contributed by atoms with Gasteiger partial charge >= 0.3 is 0 Å². The van der Waals surface area contributed by atoms with Crippen molar-refractivity contribution in [1.29, 1.82) is 0 Å². The van der Waals surface area contributed by atoms with Gasteiger partial charge in [-0.1, -0.05) is 0 Å². The molecule has 8 heteroatoms. The molecule has 4 heterocycles. The van der Waals surface area contributed by atoms with Gasteiger partial charge in [-0.05, 0) is 32.1 Å². The van der Waals surface area contributed by atoms with Crippen LogP contribution in [0.25, 0.3) is 0 Å². The second kappa shape index (κ2) is 6.52. The lowest BCUT2D eigenvalue weighted by Crippen LogP contribution is -2.26. The van der Waals surface area contributed by atoms with Crippen molar-refractivity contribution in [1.82, 2.24) is 24.1 Å². The molecule has 1 saturated heterocycles. The summed E-state index contributed by atoms with van der Waals surface area (Å²) in [5.74, 6) is 4.18. The van der Waals surface area contributed by atoms with E-state index in [1.54, 1.807) is 0 Å². The zero-order valence-corrected chi connectivity index (χ0v) is 14.2. The number of fused-ring (bicyclic) bond motifs is 1. The molecule has 1 N–H and O–H groups in total. The van der Waals surface area contributed by atoms with Gasteiger partial charge in [-0.25, -0.2) is 4.98 Å². The van der Waals surface area contributed by atoms with Crippen molar-refractivity contribution in [2.45, 2.75) is 45.1 Å². The smallest absolute Gasteiger partial charge is 0.202 e. The highest BCUT2D eigenvalue weighted by Gasteiger charge is 2.23. The molecule has 0 radical (unpaired) electrons. The summed E-state index contributed by atoms with van der Waals surface area (Å²) in [7, 11) is 0. The van der Waals surface area contributed by atoms with Crippen LogP contribution in [0.4, 0.5) is 5.13 Å². The Morgan fingerprint density at radius 1 is 1.26 bits per heavy atom. The molecule has 124 valence electrons. The fourth-order valence-electron chi connectivity index (χ4n) is 3.36. The zero-order chi connectivity index (χ0) is 15.6. The summed E-state index contributed by atoms with van der Waals surface area (Å²) in [6.07, 6.45) is 4.23. The van der Waals surface area contributed by atoms with Gasteiger partial charge in [0.05, 0.1) is 0 Å². The van der Waals surface area contributed by atoms with Crippen LogP contribution in [0.3, 0.4) is 0 Å². The molecule has 2 aliphatic rings. The topological polar surface area (TPSA) is 77.8 Å². The van der Waals surface area contributed by atoms with Gasteiger partial charge in [0, 0.05) is 50.2 Å². The van der Waals surface area contributed by atoms with Crippen molar-refractivity contribution >= 4 is 16.7 Å². The number of anilines is 1. The first-order valence-corrected chi connectivity index (χ1v) is 9.11. The summed E-state index contributed by atoms with van der Waals surface area (Å²) in [5.41, 5.74) is 0. The van der Waals surface area contributed by atoms with Crippen LogP contribution in [-0.4, -0.2) is 43.9 Å². The highest BCUT2D eigenvalue weighted by atomic mass is 32.1. The SMILES string of the molecule is Cc1nnc2n1C[C@@H](CNc1nc(C3CCOCC3)ns1)CC2. The molecule has 0 bridgehead atoms. The lowest BCUT2D eigenvalue weighted by atomic mass is 9.99. The Balaban J connectivity index is 1.33. The number of aromatic nitrogens is 5. The maximum absolute atomic E-state index is 5.41. The van der Waals surface area contributed by atoms with E-state index in [0.29, 0.717) is 11.8 Å². The summed E-state index contributed by atoms with van der Waals surface area (Å²) in [5, 5.41) is 12.8. The molecule has 0 spiro atoms. The van der Waals surface area contributed by atoms with E-state index in [4.69, 9.17) is 4.74 Å². The van der Waals surface area contributed by atoms with Crippen molar-refractivity contribution in [3.8, 4) is 0 Å². The molecule has 1 fully saturated rings. The summed E-state index contributed by atoms with van der Waals surface area (Å²) >= 11 is 1.48. The highest BCUT2D eigenvalue weighted by molar-refractivity contribution is 7.09. The van der Waals surface area contributed by atoms with E-state index in [1.165, 1.54) is 11.5 Å². The third-order valence-corrected chi connectivity index (χ3v) is 5.49. The van der Waals surface area contributed by atoms with Gasteiger partial charge in [-0.3, -0.25) is 0 Å². The predicted molar refractivity (Wildman–Crippen MR) is 87.8 cm³/mol. The number of rotatable bonds is 4. The second-order valence-corrected chi connectivity index (χ2v) is 7.16. The minimum atomic E-state index is 0.465. The molecule has 1 atom stereocenters. The summed E-state index contributed by atoms with van der Waals surface area (Å²) in [6, 6.07) is 0. The van der Waals surface area contributed by atoms with Gasteiger partial charge in [-0.2, -0.15) is 4.37 Å². The molecule has 23 heavy (non-hydrogen) atoms. The number of hydrogen-bond donors (Lipinski definition) is 1. The zero-order valence-electron chi connectivity index (χ0n) is 13.4. The number of ether oxygens (including phenoxy) is 1. The van der Waals surface area contributed by atoms with Crippen LogP contribution in [0, 0.1) is 12.8 Å². The Kier molecular flexibility index (Phi) is 4.26. The van der Waals surface area contributed by atoms with E-state index in [-0.39, 0.29) is 0 Å². The minimum Gasteiger partial charge on any atom is -0.381 e. The van der Waals surface area contributed by atoms with Crippen molar-refractivity contribution < 1.29 is 4.74 Å². The first-order chi connectivity index (χ1) is 11.3. The van der Waals surface area contributed by atoms with Crippen molar-refractivity contribution in [2.75, 3.05) is 25.1 Å². The number of nitrogens with one attached hydrogen (secondary N) is 1. The van der Waals surface area contributed by atoms with Crippen LogP contribution in [0.15, 0.2) is 0 Å². The van der Waals surface area contributed by atoms with Gasteiger partial charge < -0.3 is 14.6 Å². The molecule has 0 aromatic carbocycles. The molecule has 2 aromatic heterocycles. The predicted octanol–water partition coefficient (Wildman–Crippen LogP) is 2.01. The van der Waals surface area contributed by atoms with E-state index >= 15 is 0 Å². The van der Waals surface area contributed by atoms with Crippen LogP contribution in [-0.2, 0) is 17.7 Å². The minimum absolute atomic E-state index is 0.465. The molecular formula is C15H22N6OS. The number of hydrogen-bond acceptors (Lipinski definition) is 7. The van der Waals surface area contributed by atoms with Crippen LogP contribution >= 0.6 is 11.5 Å². The molecule has 0 amide bonds. The van der Waals surface area contributed by atoms with Gasteiger partial charge in [-0.15, -0.1) is 10.2 Å². The lowest BCUT2D eigenvalue weighted by molar-refractivity contribution is 0.0838. The van der Waals surface area contributed by atoms with Crippen molar-refractivity contribution in [2.24, 2.45) is 5.92 Å². The quantitative estimate of drug-likeness (QED) is 0.921. The van der Waals surface area contributed by atoms with E-state index < -0.39 is 0 Å². The largest absolute Gasteiger partial charge is 0.381 e. The fraction of sp³-hybridized carbons (Fsp3) is 0.733. The van der Waals surface area contributed by atoms with E-state index in [1.807, 2.05) is 6.92 Å². The maximum atomic E-state index is 5.41. The normalized spacial score (nSPS) is 22.0. The highest BCUT2D eigenvalue weighted by Crippen LogP contribution is 2.27. The molecule has 0 aliphatic carbocycles. The molecular weight excluding hydrogens is 312 g/mol. The maximum Gasteiger partial charge on any atom is 0.202 e. The lowest BCUT2D eigenvalue weighted by Gasteiger charge is -2.23. The van der Waals surface area contributed by atoms with Crippen LogP contribution < -0.4 is 5.32 Å². The van der Waals surface area contributed by atoms with E-state index in [0.717, 1.165) is 74.6 Å². The Morgan fingerprint density at radius 2 is 2.13 bits per heavy atom. The molecule has 2 aromatic rings. The van der Waals surface area contributed by atoms with Crippen LogP contribution in [0.5, 0.6) is 0 Å². The monoisotopic (exact) mass is 334 g/mol. The van der Waals surface area contributed by atoms with Gasteiger partial charge in [0.25, 0.3) is 0 Å². The van der Waals surface area contributed by atoms with E-state index in [2.05, 4.69) is 29.4 Å². The van der Waals surface area contributed by atoms with Gasteiger partial charge in [0.1, 0.15) is 17.5 Å². The number of nitrogens with zero attached hydrogens (tertiary/aromatic N) is 5. The average molecular weight is 334 g/mol. The van der Waals surface area contributed by atoms with Crippen molar-refractivity contribution in [3.63, 3.8) is 0 Å². The first-order valence-electron chi connectivity index (χ1n) is 8.33. The van der Waals surface area contributed by atoms with Crippen molar-refractivity contribution in [3.05, 3.63) is 17.5 Å². The summed E-state index contributed by atoms with van der Waals surface area (Å²) in [4.78, 5) is 4.68. The molecule has 0 unspecified atom stereocenters. The Bertz CT molecular complexity index is 663.